The molecule has 7 heteroatoms. The van der Waals surface area contributed by atoms with Gasteiger partial charge in [-0.25, -0.2) is 0 Å². The van der Waals surface area contributed by atoms with Crippen LogP contribution in [-0.2, 0) is 4.79 Å². The zero-order valence-corrected chi connectivity index (χ0v) is 11.8. The molecule has 1 aromatic rings. The zero-order chi connectivity index (χ0) is 15.4. The molecule has 0 aromatic heterocycles. The van der Waals surface area contributed by atoms with Crippen molar-refractivity contribution in [2.75, 3.05) is 24.5 Å². The van der Waals surface area contributed by atoms with Crippen molar-refractivity contribution < 1.29 is 14.1 Å². The Kier molecular flexibility index (Phi) is 4.72. The van der Waals surface area contributed by atoms with Gasteiger partial charge in [0.1, 0.15) is 5.69 Å². The fourth-order valence-electron chi connectivity index (χ4n) is 2.68. The monoisotopic (exact) mass is 295 g/mol. The van der Waals surface area contributed by atoms with Crippen LogP contribution >= 0.6 is 0 Å². The molecule has 0 radical (unpaired) electrons. The molecule has 1 fully saturated rings. The minimum atomic E-state index is -0.818. The summed E-state index contributed by atoms with van der Waals surface area (Å²) in [6.07, 6.45) is 1.80. The molecule has 1 atom stereocenters. The van der Waals surface area contributed by atoms with Crippen molar-refractivity contribution in [2.24, 2.45) is 5.92 Å². The highest BCUT2D eigenvalue weighted by Gasteiger charge is 2.28. The third kappa shape index (κ3) is 3.68. The Morgan fingerprint density at radius 3 is 3.00 bits per heavy atom. The first-order valence-electron chi connectivity index (χ1n) is 6.91. The number of benzene rings is 1. The molecule has 6 nitrogen and oxygen atoms in total. The molecule has 21 heavy (non-hydrogen) atoms. The molecule has 1 N–H and O–H groups in total. The standard InChI is InChI=1S/C14H18FN3O3/c1-10(19)16-8-11-4-3-7-17(9-11)13-6-2-5-12(15)14(13)18(20)21/h2,5-6,11H,3-4,7-9H2,1H3,(H,16,19). The maximum absolute atomic E-state index is 13.7. The fraction of sp³-hybridized carbons (Fsp3) is 0.500. The van der Waals surface area contributed by atoms with E-state index in [1.165, 1.54) is 13.0 Å². The van der Waals surface area contributed by atoms with E-state index in [1.54, 1.807) is 6.07 Å². The molecule has 114 valence electrons. The Bertz CT molecular complexity index is 550. The van der Waals surface area contributed by atoms with Gasteiger partial charge in [-0.15, -0.1) is 0 Å². The third-order valence-electron chi connectivity index (χ3n) is 3.65. The minimum absolute atomic E-state index is 0.0936. The molecule has 0 saturated carbocycles. The quantitative estimate of drug-likeness (QED) is 0.681. The normalized spacial score (nSPS) is 18.4. The molecule has 1 aliphatic rings. The van der Waals surface area contributed by atoms with Crippen molar-refractivity contribution in [2.45, 2.75) is 19.8 Å². The SMILES string of the molecule is CC(=O)NCC1CCCN(c2cccc(F)c2[N+](=O)[O-])C1. The average molecular weight is 295 g/mol. The van der Waals surface area contributed by atoms with Gasteiger partial charge < -0.3 is 10.2 Å². The van der Waals surface area contributed by atoms with Crippen LogP contribution in [0.2, 0.25) is 0 Å². The Hall–Kier alpha value is -2.18. The molecule has 0 aliphatic carbocycles. The second-order valence-electron chi connectivity index (χ2n) is 5.26. The lowest BCUT2D eigenvalue weighted by molar-refractivity contribution is -0.386. The van der Waals surface area contributed by atoms with Gasteiger partial charge in [0, 0.05) is 26.6 Å². The van der Waals surface area contributed by atoms with Gasteiger partial charge in [0.15, 0.2) is 0 Å². The van der Waals surface area contributed by atoms with Crippen LogP contribution < -0.4 is 10.2 Å². The molecular weight excluding hydrogens is 277 g/mol. The van der Waals surface area contributed by atoms with E-state index in [2.05, 4.69) is 5.32 Å². The third-order valence-corrected chi connectivity index (χ3v) is 3.65. The summed E-state index contributed by atoms with van der Waals surface area (Å²) in [7, 11) is 0. The first-order chi connectivity index (χ1) is 9.99. The van der Waals surface area contributed by atoms with Gasteiger partial charge in [-0.2, -0.15) is 4.39 Å². The lowest BCUT2D eigenvalue weighted by Gasteiger charge is -2.34. The number of halogens is 1. The first-order valence-corrected chi connectivity index (χ1v) is 6.91. The number of rotatable bonds is 4. The van der Waals surface area contributed by atoms with Crippen LogP contribution in [0.5, 0.6) is 0 Å². The number of para-hydroxylation sites is 1. The van der Waals surface area contributed by atoms with Crippen LogP contribution in [0.4, 0.5) is 15.8 Å². The summed E-state index contributed by atoms with van der Waals surface area (Å²) in [5.74, 6) is -0.698. The number of hydrogen-bond donors (Lipinski definition) is 1. The second-order valence-corrected chi connectivity index (χ2v) is 5.26. The number of nitro groups is 1. The number of nitrogens with zero attached hydrogens (tertiary/aromatic N) is 2. The topological polar surface area (TPSA) is 75.5 Å². The summed E-state index contributed by atoms with van der Waals surface area (Å²) in [6, 6.07) is 4.15. The summed E-state index contributed by atoms with van der Waals surface area (Å²) in [4.78, 5) is 23.2. The highest BCUT2D eigenvalue weighted by atomic mass is 19.1. The van der Waals surface area contributed by atoms with Crippen LogP contribution in [0.15, 0.2) is 18.2 Å². The van der Waals surface area contributed by atoms with Gasteiger partial charge in [-0.1, -0.05) is 6.07 Å². The first kappa shape index (κ1) is 15.2. The van der Waals surface area contributed by atoms with Crippen molar-refractivity contribution in [1.29, 1.82) is 0 Å². The fourth-order valence-corrected chi connectivity index (χ4v) is 2.68. The summed E-state index contributed by atoms with van der Waals surface area (Å²) in [5, 5.41) is 13.8. The maximum Gasteiger partial charge on any atom is 0.327 e. The molecule has 0 bridgehead atoms. The maximum atomic E-state index is 13.7. The number of nitrogens with one attached hydrogen (secondary N) is 1. The van der Waals surface area contributed by atoms with Crippen molar-refractivity contribution in [3.8, 4) is 0 Å². The van der Waals surface area contributed by atoms with E-state index >= 15 is 0 Å². The minimum Gasteiger partial charge on any atom is -0.366 e. The number of nitro benzene ring substituents is 1. The van der Waals surface area contributed by atoms with E-state index in [4.69, 9.17) is 0 Å². The number of piperidine rings is 1. The van der Waals surface area contributed by atoms with E-state index in [1.807, 2.05) is 4.90 Å². The van der Waals surface area contributed by atoms with Crippen LogP contribution in [-0.4, -0.2) is 30.5 Å². The number of carbonyl (C=O) groups is 1. The molecular formula is C14H18FN3O3. The van der Waals surface area contributed by atoms with Crippen molar-refractivity contribution >= 4 is 17.3 Å². The molecule has 1 unspecified atom stereocenters. The van der Waals surface area contributed by atoms with Gasteiger partial charge in [0.2, 0.25) is 11.7 Å². The van der Waals surface area contributed by atoms with Crippen LogP contribution in [0.3, 0.4) is 0 Å². The summed E-state index contributed by atoms with van der Waals surface area (Å²) in [6.45, 7) is 3.22. The van der Waals surface area contributed by atoms with Crippen LogP contribution in [0.1, 0.15) is 19.8 Å². The smallest absolute Gasteiger partial charge is 0.327 e. The highest BCUT2D eigenvalue weighted by Crippen LogP contribution is 2.33. The second kappa shape index (κ2) is 6.51. The summed E-state index contributed by atoms with van der Waals surface area (Å²) >= 11 is 0. The van der Waals surface area contributed by atoms with Gasteiger partial charge >= 0.3 is 5.69 Å². The van der Waals surface area contributed by atoms with E-state index in [9.17, 15) is 19.3 Å². The van der Waals surface area contributed by atoms with Crippen molar-refractivity contribution in [3.63, 3.8) is 0 Å². The van der Waals surface area contributed by atoms with Gasteiger partial charge in [-0.3, -0.25) is 14.9 Å². The Labute approximate surface area is 122 Å². The Balaban J connectivity index is 2.16. The average Bonchev–Trinajstić information content (AvgIpc) is 2.44. The van der Waals surface area contributed by atoms with Gasteiger partial charge in [0.25, 0.3) is 0 Å². The Morgan fingerprint density at radius 1 is 1.57 bits per heavy atom. The van der Waals surface area contributed by atoms with E-state index < -0.39 is 16.4 Å². The number of anilines is 1. The molecule has 1 amide bonds. The van der Waals surface area contributed by atoms with Crippen molar-refractivity contribution in [1.82, 2.24) is 5.32 Å². The summed E-state index contributed by atoms with van der Waals surface area (Å²) < 4.78 is 13.7. The largest absolute Gasteiger partial charge is 0.366 e. The molecule has 0 spiro atoms. The van der Waals surface area contributed by atoms with Crippen molar-refractivity contribution in [3.05, 3.63) is 34.1 Å². The lowest BCUT2D eigenvalue weighted by Crippen LogP contribution is -2.40. The van der Waals surface area contributed by atoms with Gasteiger partial charge in [-0.05, 0) is 30.9 Å². The molecule has 2 rings (SSSR count). The highest BCUT2D eigenvalue weighted by molar-refractivity contribution is 5.72. The van der Waals surface area contributed by atoms with Crippen LogP contribution in [0, 0.1) is 21.8 Å². The molecule has 1 aliphatic heterocycles. The van der Waals surface area contributed by atoms with Gasteiger partial charge in [0.05, 0.1) is 4.92 Å². The molecule has 1 saturated heterocycles. The van der Waals surface area contributed by atoms with E-state index in [0.29, 0.717) is 25.3 Å². The predicted molar refractivity (Wildman–Crippen MR) is 76.7 cm³/mol. The van der Waals surface area contributed by atoms with E-state index in [0.717, 1.165) is 18.9 Å². The number of hydrogen-bond acceptors (Lipinski definition) is 4. The van der Waals surface area contributed by atoms with Crippen LogP contribution in [0.25, 0.3) is 0 Å². The Morgan fingerprint density at radius 2 is 2.33 bits per heavy atom. The number of carbonyl (C=O) groups excluding carboxylic acids is 1. The van der Waals surface area contributed by atoms with E-state index in [-0.39, 0.29) is 11.8 Å². The molecule has 1 aromatic carbocycles. The lowest BCUT2D eigenvalue weighted by atomic mass is 9.97. The summed E-state index contributed by atoms with van der Waals surface area (Å²) in [5.41, 5.74) is -0.162. The number of amides is 1. The molecule has 1 heterocycles. The predicted octanol–water partition coefficient (Wildman–Crippen LogP) is 2.09. The zero-order valence-electron chi connectivity index (χ0n) is 11.8.